The van der Waals surface area contributed by atoms with E-state index in [0.717, 1.165) is 35.5 Å². The molecule has 3 aromatic carbocycles. The molecule has 1 unspecified atom stereocenters. The van der Waals surface area contributed by atoms with E-state index in [2.05, 4.69) is 4.57 Å². The smallest absolute Gasteiger partial charge is 0.254 e. The van der Waals surface area contributed by atoms with Crippen LogP contribution in [0.4, 0.5) is 10.1 Å². The van der Waals surface area contributed by atoms with Crippen molar-refractivity contribution in [3.63, 3.8) is 0 Å². The van der Waals surface area contributed by atoms with Crippen molar-refractivity contribution in [3.05, 3.63) is 120 Å². The van der Waals surface area contributed by atoms with Gasteiger partial charge in [-0.3, -0.25) is 14.5 Å². The number of hydrogen-bond acceptors (Lipinski definition) is 2. The van der Waals surface area contributed by atoms with E-state index >= 15 is 0 Å². The highest BCUT2D eigenvalue weighted by Gasteiger charge is 2.40. The number of rotatable bonds is 5. The Kier molecular flexibility index (Phi) is 5.21. The van der Waals surface area contributed by atoms with E-state index in [-0.39, 0.29) is 30.4 Å². The first-order valence-corrected chi connectivity index (χ1v) is 11.8. The maximum atomic E-state index is 14.1. The van der Waals surface area contributed by atoms with Crippen LogP contribution in [-0.4, -0.2) is 33.9 Å². The second-order valence-corrected chi connectivity index (χ2v) is 9.04. The number of aromatic nitrogens is 1. The van der Waals surface area contributed by atoms with Crippen LogP contribution in [0.2, 0.25) is 0 Å². The lowest BCUT2D eigenvalue weighted by molar-refractivity contribution is -0.119. The summed E-state index contributed by atoms with van der Waals surface area (Å²) in [5.74, 6) is -0.791. The van der Waals surface area contributed by atoms with Gasteiger partial charge in [-0.05, 0) is 66.9 Å². The van der Waals surface area contributed by atoms with Gasteiger partial charge in [0.05, 0.1) is 17.1 Å². The summed E-state index contributed by atoms with van der Waals surface area (Å²) in [6.07, 6.45) is 3.74. The molecule has 1 aliphatic heterocycles. The van der Waals surface area contributed by atoms with E-state index < -0.39 is 5.82 Å². The van der Waals surface area contributed by atoms with E-state index in [1.54, 1.807) is 4.90 Å². The third-order valence-corrected chi connectivity index (χ3v) is 6.75. The summed E-state index contributed by atoms with van der Waals surface area (Å²) in [7, 11) is 0. The molecule has 1 fully saturated rings. The lowest BCUT2D eigenvalue weighted by Gasteiger charge is -2.39. The molecule has 174 valence electrons. The van der Waals surface area contributed by atoms with Crippen molar-refractivity contribution in [1.82, 2.24) is 9.47 Å². The molecule has 1 aliphatic carbocycles. The summed E-state index contributed by atoms with van der Waals surface area (Å²) in [5.41, 5.74) is 4.11. The predicted octanol–water partition coefficient (Wildman–Crippen LogP) is 5.36. The van der Waals surface area contributed by atoms with Gasteiger partial charge in [-0.25, -0.2) is 4.39 Å². The van der Waals surface area contributed by atoms with Crippen molar-refractivity contribution in [1.29, 1.82) is 0 Å². The molecule has 1 saturated carbocycles. The fourth-order valence-corrected chi connectivity index (χ4v) is 4.95. The first-order chi connectivity index (χ1) is 17.1. The number of fused-ring (bicyclic) bond motifs is 3. The Labute approximate surface area is 203 Å². The number of nitrogens with zero attached hydrogens (tertiary/aromatic N) is 3. The molecule has 0 saturated heterocycles. The van der Waals surface area contributed by atoms with Crippen LogP contribution in [0.15, 0.2) is 97.2 Å². The lowest BCUT2D eigenvalue weighted by Crippen LogP contribution is -2.47. The third-order valence-electron chi connectivity index (χ3n) is 6.75. The number of para-hydroxylation sites is 2. The van der Waals surface area contributed by atoms with Crippen LogP contribution < -0.4 is 4.90 Å². The van der Waals surface area contributed by atoms with E-state index in [0.29, 0.717) is 5.56 Å². The number of benzene rings is 3. The molecular weight excluding hydrogens is 441 g/mol. The van der Waals surface area contributed by atoms with Crippen LogP contribution in [0.1, 0.15) is 40.5 Å². The topological polar surface area (TPSA) is 45.6 Å². The second-order valence-electron chi connectivity index (χ2n) is 9.04. The fraction of sp³-hybridized carbons (Fsp3) is 0.172. The van der Waals surface area contributed by atoms with Crippen molar-refractivity contribution in [3.8, 4) is 5.69 Å². The minimum Gasteiger partial charge on any atom is -0.326 e. The monoisotopic (exact) mass is 465 g/mol. The molecule has 5 nitrogen and oxygen atoms in total. The molecule has 0 radical (unpaired) electrons. The SMILES string of the molecule is O=C(c1ccc(F)cc1)N(CC(=O)N1c2ccccc2-n2cccc2C1c1ccccc1)C1CC1. The van der Waals surface area contributed by atoms with Gasteiger partial charge >= 0.3 is 0 Å². The Morgan fingerprint density at radius 3 is 2.23 bits per heavy atom. The van der Waals surface area contributed by atoms with Gasteiger partial charge in [-0.2, -0.15) is 0 Å². The van der Waals surface area contributed by atoms with E-state index in [1.807, 2.05) is 77.8 Å². The van der Waals surface area contributed by atoms with Crippen molar-refractivity contribution in [2.45, 2.75) is 24.9 Å². The quantitative estimate of drug-likeness (QED) is 0.399. The molecule has 2 heterocycles. The lowest BCUT2D eigenvalue weighted by atomic mass is 9.97. The second kappa shape index (κ2) is 8.55. The number of anilines is 1. The van der Waals surface area contributed by atoms with E-state index in [9.17, 15) is 14.0 Å². The zero-order valence-electron chi connectivity index (χ0n) is 19.0. The van der Waals surface area contributed by atoms with Gasteiger partial charge in [-0.15, -0.1) is 0 Å². The molecule has 1 aromatic heterocycles. The first-order valence-electron chi connectivity index (χ1n) is 11.8. The summed E-state index contributed by atoms with van der Waals surface area (Å²) in [4.78, 5) is 30.9. The maximum Gasteiger partial charge on any atom is 0.254 e. The van der Waals surface area contributed by atoms with Gasteiger partial charge < -0.3 is 9.47 Å². The van der Waals surface area contributed by atoms with Crippen LogP contribution in [-0.2, 0) is 4.79 Å². The van der Waals surface area contributed by atoms with Crippen molar-refractivity contribution in [2.24, 2.45) is 0 Å². The standard InChI is InChI=1S/C29H24FN3O2/c30-22-14-12-21(13-15-22)29(35)32(23-16-17-23)19-27(34)33-25-10-5-4-9-24(25)31-18-6-11-26(31)28(33)20-7-2-1-3-8-20/h1-15,18,23,28H,16-17,19H2. The predicted molar refractivity (Wildman–Crippen MR) is 132 cm³/mol. The molecule has 1 atom stereocenters. The number of amides is 2. The molecule has 0 bridgehead atoms. The average Bonchev–Trinajstić information content (AvgIpc) is 3.62. The zero-order valence-corrected chi connectivity index (χ0v) is 19.0. The van der Waals surface area contributed by atoms with Crippen LogP contribution in [0.3, 0.4) is 0 Å². The number of carbonyl (C=O) groups excluding carboxylic acids is 2. The number of carbonyl (C=O) groups is 2. The van der Waals surface area contributed by atoms with E-state index in [1.165, 1.54) is 24.3 Å². The normalized spacial score (nSPS) is 16.4. The zero-order chi connectivity index (χ0) is 23.9. The molecule has 0 N–H and O–H groups in total. The molecular formula is C29H24FN3O2. The molecule has 6 rings (SSSR count). The van der Waals surface area contributed by atoms with Crippen molar-refractivity contribution >= 4 is 17.5 Å². The van der Waals surface area contributed by atoms with E-state index in [4.69, 9.17) is 0 Å². The molecule has 2 amide bonds. The minimum atomic E-state index is -0.394. The van der Waals surface area contributed by atoms with Crippen LogP contribution in [0.5, 0.6) is 0 Å². The molecule has 6 heteroatoms. The molecule has 4 aromatic rings. The van der Waals surface area contributed by atoms with Crippen LogP contribution >= 0.6 is 0 Å². The Balaban J connectivity index is 1.40. The fourth-order valence-electron chi connectivity index (χ4n) is 4.95. The molecule has 35 heavy (non-hydrogen) atoms. The highest BCUT2D eigenvalue weighted by molar-refractivity contribution is 6.02. The number of halogens is 1. The summed E-state index contributed by atoms with van der Waals surface area (Å²) < 4.78 is 15.6. The largest absolute Gasteiger partial charge is 0.326 e. The average molecular weight is 466 g/mol. The summed E-state index contributed by atoms with van der Waals surface area (Å²) in [6.45, 7) is -0.0424. The summed E-state index contributed by atoms with van der Waals surface area (Å²) in [6, 6.07) is 27.0. The van der Waals surface area contributed by atoms with Crippen LogP contribution in [0.25, 0.3) is 5.69 Å². The Morgan fingerprint density at radius 1 is 0.829 bits per heavy atom. The Morgan fingerprint density at radius 2 is 1.51 bits per heavy atom. The van der Waals surface area contributed by atoms with Gasteiger partial charge in [0.15, 0.2) is 0 Å². The number of hydrogen-bond donors (Lipinski definition) is 0. The maximum absolute atomic E-state index is 14.1. The highest BCUT2D eigenvalue weighted by Crippen LogP contribution is 2.42. The van der Waals surface area contributed by atoms with Gasteiger partial charge in [0.2, 0.25) is 5.91 Å². The summed E-state index contributed by atoms with van der Waals surface area (Å²) in [5, 5.41) is 0. The first kappa shape index (κ1) is 21.4. The van der Waals surface area contributed by atoms with Crippen molar-refractivity contribution < 1.29 is 14.0 Å². The Bertz CT molecular complexity index is 1390. The van der Waals surface area contributed by atoms with Crippen LogP contribution in [0, 0.1) is 5.82 Å². The highest BCUT2D eigenvalue weighted by atomic mass is 19.1. The Hall–Kier alpha value is -4.19. The van der Waals surface area contributed by atoms with Gasteiger partial charge in [-0.1, -0.05) is 42.5 Å². The molecule has 2 aliphatic rings. The van der Waals surface area contributed by atoms with Crippen molar-refractivity contribution in [2.75, 3.05) is 11.4 Å². The third kappa shape index (κ3) is 3.81. The van der Waals surface area contributed by atoms with Gasteiger partial charge in [0.25, 0.3) is 5.91 Å². The van der Waals surface area contributed by atoms with Gasteiger partial charge in [0.1, 0.15) is 18.4 Å². The van der Waals surface area contributed by atoms with Gasteiger partial charge in [0, 0.05) is 17.8 Å². The summed E-state index contributed by atoms with van der Waals surface area (Å²) >= 11 is 0. The minimum absolute atomic E-state index is 0.0237. The molecule has 0 spiro atoms.